The topological polar surface area (TPSA) is 12.0 Å². The number of aryl methyl sites for hydroxylation is 1. The molecule has 0 atom stereocenters. The Labute approximate surface area is 84.6 Å². The molecule has 0 aromatic heterocycles. The number of allylic oxidation sites excluding steroid dienone is 1. The molecule has 0 amide bonds. The molecule has 1 N–H and O–H groups in total. The molecule has 0 aliphatic heterocycles. The van der Waals surface area contributed by atoms with E-state index < -0.39 is 0 Å². The highest BCUT2D eigenvalue weighted by atomic mass is 19.1. The number of hydrogen-bond donors (Lipinski definition) is 1. The number of halogens is 1. The average Bonchev–Trinajstić information content (AvgIpc) is 2.10. The van der Waals surface area contributed by atoms with Gasteiger partial charge in [0.2, 0.25) is 0 Å². The van der Waals surface area contributed by atoms with E-state index in [-0.39, 0.29) is 5.82 Å². The van der Waals surface area contributed by atoms with Gasteiger partial charge in [-0.05, 0) is 38.5 Å². The smallest absolute Gasteiger partial charge is 0.146 e. The van der Waals surface area contributed by atoms with Gasteiger partial charge in [-0.3, -0.25) is 0 Å². The van der Waals surface area contributed by atoms with E-state index in [1.807, 2.05) is 32.9 Å². The molecule has 0 saturated carbocycles. The van der Waals surface area contributed by atoms with Crippen molar-refractivity contribution in [2.24, 2.45) is 0 Å². The molecule has 0 fully saturated rings. The fraction of sp³-hybridized carbons (Fsp3) is 0.333. The van der Waals surface area contributed by atoms with Crippen LogP contribution in [0.3, 0.4) is 0 Å². The zero-order chi connectivity index (χ0) is 10.6. The summed E-state index contributed by atoms with van der Waals surface area (Å²) in [4.78, 5) is 0. The Balaban J connectivity index is 2.67. The minimum absolute atomic E-state index is 0.197. The minimum atomic E-state index is -0.197. The minimum Gasteiger partial charge on any atom is -0.379 e. The van der Waals surface area contributed by atoms with Crippen molar-refractivity contribution in [3.8, 4) is 0 Å². The molecule has 76 valence electrons. The highest BCUT2D eigenvalue weighted by Crippen LogP contribution is 2.15. The summed E-state index contributed by atoms with van der Waals surface area (Å²) in [6, 6.07) is 5.07. The number of anilines is 1. The maximum absolute atomic E-state index is 13.2. The van der Waals surface area contributed by atoms with Crippen LogP contribution in [0.15, 0.2) is 29.8 Å². The van der Waals surface area contributed by atoms with Gasteiger partial charge in [-0.2, -0.15) is 0 Å². The molecule has 1 nitrogen and oxygen atoms in total. The molecule has 2 heteroatoms. The first-order valence-corrected chi connectivity index (χ1v) is 4.73. The van der Waals surface area contributed by atoms with E-state index in [1.165, 1.54) is 11.6 Å². The third-order valence-corrected chi connectivity index (χ3v) is 1.92. The Morgan fingerprint density at radius 1 is 1.43 bits per heavy atom. The van der Waals surface area contributed by atoms with Crippen LogP contribution in [0.2, 0.25) is 0 Å². The zero-order valence-corrected chi connectivity index (χ0v) is 8.89. The first-order valence-electron chi connectivity index (χ1n) is 4.73. The van der Waals surface area contributed by atoms with Gasteiger partial charge in [0.05, 0.1) is 5.69 Å². The second-order valence-electron chi connectivity index (χ2n) is 3.65. The summed E-state index contributed by atoms with van der Waals surface area (Å²) in [5.74, 6) is -0.197. The Bertz CT molecular complexity index is 338. The van der Waals surface area contributed by atoms with Crippen molar-refractivity contribution in [1.29, 1.82) is 0 Å². The van der Waals surface area contributed by atoms with Gasteiger partial charge in [-0.1, -0.05) is 17.7 Å². The molecule has 0 saturated heterocycles. The SMILES string of the molecule is CC(C)=CCNc1cc(C)ccc1F. The largest absolute Gasteiger partial charge is 0.379 e. The molecular formula is C12H16FN. The van der Waals surface area contributed by atoms with Gasteiger partial charge in [0, 0.05) is 6.54 Å². The van der Waals surface area contributed by atoms with Gasteiger partial charge < -0.3 is 5.32 Å². The molecular weight excluding hydrogens is 177 g/mol. The predicted octanol–water partition coefficient (Wildman–Crippen LogP) is 3.51. The second kappa shape index (κ2) is 4.80. The quantitative estimate of drug-likeness (QED) is 0.724. The van der Waals surface area contributed by atoms with Gasteiger partial charge in [0.1, 0.15) is 5.82 Å². The van der Waals surface area contributed by atoms with E-state index in [0.29, 0.717) is 12.2 Å². The first kappa shape index (κ1) is 10.8. The van der Waals surface area contributed by atoms with Gasteiger partial charge in [-0.15, -0.1) is 0 Å². The lowest BCUT2D eigenvalue weighted by Crippen LogP contribution is -2.01. The summed E-state index contributed by atoms with van der Waals surface area (Å²) in [7, 11) is 0. The summed E-state index contributed by atoms with van der Waals surface area (Å²) in [6.07, 6.45) is 2.03. The van der Waals surface area contributed by atoms with Crippen molar-refractivity contribution < 1.29 is 4.39 Å². The maximum Gasteiger partial charge on any atom is 0.146 e. The van der Waals surface area contributed by atoms with Crippen molar-refractivity contribution >= 4 is 5.69 Å². The molecule has 14 heavy (non-hydrogen) atoms. The highest BCUT2D eigenvalue weighted by Gasteiger charge is 1.99. The van der Waals surface area contributed by atoms with Crippen molar-refractivity contribution in [2.75, 3.05) is 11.9 Å². The fourth-order valence-electron chi connectivity index (χ4n) is 1.14. The molecule has 0 bridgehead atoms. The molecule has 0 spiro atoms. The van der Waals surface area contributed by atoms with Crippen LogP contribution in [0, 0.1) is 12.7 Å². The Morgan fingerprint density at radius 3 is 2.79 bits per heavy atom. The Morgan fingerprint density at radius 2 is 2.14 bits per heavy atom. The summed E-state index contributed by atoms with van der Waals surface area (Å²) in [5.41, 5.74) is 2.86. The molecule has 1 aromatic rings. The maximum atomic E-state index is 13.2. The van der Waals surface area contributed by atoms with Crippen LogP contribution < -0.4 is 5.32 Å². The standard InChI is InChI=1S/C12H16FN/c1-9(2)6-7-14-12-8-10(3)4-5-11(12)13/h4-6,8,14H,7H2,1-3H3. The van der Waals surface area contributed by atoms with Gasteiger partial charge in [0.25, 0.3) is 0 Å². The summed E-state index contributed by atoms with van der Waals surface area (Å²) < 4.78 is 13.2. The number of hydrogen-bond acceptors (Lipinski definition) is 1. The van der Waals surface area contributed by atoms with Crippen molar-refractivity contribution in [1.82, 2.24) is 0 Å². The van der Waals surface area contributed by atoms with Crippen LogP contribution >= 0.6 is 0 Å². The van der Waals surface area contributed by atoms with Crippen LogP contribution in [0.4, 0.5) is 10.1 Å². The third-order valence-electron chi connectivity index (χ3n) is 1.92. The molecule has 0 heterocycles. The van der Waals surface area contributed by atoms with E-state index in [4.69, 9.17) is 0 Å². The lowest BCUT2D eigenvalue weighted by atomic mass is 10.2. The Hall–Kier alpha value is -1.31. The van der Waals surface area contributed by atoms with E-state index in [0.717, 1.165) is 5.56 Å². The normalized spacial score (nSPS) is 9.71. The van der Waals surface area contributed by atoms with Crippen LogP contribution in [-0.4, -0.2) is 6.54 Å². The summed E-state index contributed by atoms with van der Waals surface area (Å²) in [5, 5.41) is 3.03. The molecule has 0 radical (unpaired) electrons. The summed E-state index contributed by atoms with van der Waals surface area (Å²) in [6.45, 7) is 6.66. The number of nitrogens with one attached hydrogen (secondary N) is 1. The summed E-state index contributed by atoms with van der Waals surface area (Å²) >= 11 is 0. The van der Waals surface area contributed by atoms with E-state index in [2.05, 4.69) is 5.32 Å². The first-order chi connectivity index (χ1) is 6.59. The van der Waals surface area contributed by atoms with E-state index in [9.17, 15) is 4.39 Å². The fourth-order valence-corrected chi connectivity index (χ4v) is 1.14. The van der Waals surface area contributed by atoms with E-state index in [1.54, 1.807) is 6.07 Å². The molecule has 0 unspecified atom stereocenters. The lowest BCUT2D eigenvalue weighted by Gasteiger charge is -2.06. The average molecular weight is 193 g/mol. The third kappa shape index (κ3) is 3.21. The highest BCUT2D eigenvalue weighted by molar-refractivity contribution is 5.47. The van der Waals surface area contributed by atoms with Crippen LogP contribution in [-0.2, 0) is 0 Å². The van der Waals surface area contributed by atoms with Gasteiger partial charge in [-0.25, -0.2) is 4.39 Å². The van der Waals surface area contributed by atoms with Crippen molar-refractivity contribution in [3.63, 3.8) is 0 Å². The molecule has 1 aromatic carbocycles. The number of rotatable bonds is 3. The van der Waals surface area contributed by atoms with Gasteiger partial charge >= 0.3 is 0 Å². The molecule has 1 rings (SSSR count). The van der Waals surface area contributed by atoms with Gasteiger partial charge in [0.15, 0.2) is 0 Å². The van der Waals surface area contributed by atoms with Crippen molar-refractivity contribution in [3.05, 3.63) is 41.2 Å². The van der Waals surface area contributed by atoms with Crippen LogP contribution in [0.1, 0.15) is 19.4 Å². The second-order valence-corrected chi connectivity index (χ2v) is 3.65. The zero-order valence-electron chi connectivity index (χ0n) is 8.89. The molecule has 0 aliphatic carbocycles. The molecule has 0 aliphatic rings. The monoisotopic (exact) mass is 193 g/mol. The van der Waals surface area contributed by atoms with E-state index >= 15 is 0 Å². The number of benzene rings is 1. The van der Waals surface area contributed by atoms with Crippen LogP contribution in [0.25, 0.3) is 0 Å². The predicted molar refractivity (Wildman–Crippen MR) is 59.1 cm³/mol. The lowest BCUT2D eigenvalue weighted by molar-refractivity contribution is 0.630. The Kier molecular flexibility index (Phi) is 3.69. The van der Waals surface area contributed by atoms with Crippen LogP contribution in [0.5, 0.6) is 0 Å². The van der Waals surface area contributed by atoms with Crippen molar-refractivity contribution in [2.45, 2.75) is 20.8 Å².